The van der Waals surface area contributed by atoms with Crippen molar-refractivity contribution in [2.45, 2.75) is 10.9 Å². The Bertz CT molecular complexity index is 859. The van der Waals surface area contributed by atoms with E-state index in [1.54, 1.807) is 18.5 Å². The Morgan fingerprint density at radius 3 is 2.25 bits per heavy atom. The molecule has 0 spiro atoms. The first kappa shape index (κ1) is 16.1. The fourth-order valence-electron chi connectivity index (χ4n) is 2.33. The third kappa shape index (κ3) is 3.76. The van der Waals surface area contributed by atoms with Gasteiger partial charge in [0.1, 0.15) is 10.7 Å². The summed E-state index contributed by atoms with van der Waals surface area (Å²) in [4.78, 5) is 8.29. The zero-order valence-corrected chi connectivity index (χ0v) is 13.5. The van der Waals surface area contributed by atoms with E-state index in [2.05, 4.69) is 15.3 Å². The van der Waals surface area contributed by atoms with Crippen LogP contribution in [0.3, 0.4) is 0 Å². The second-order valence-corrected chi connectivity index (χ2v) is 6.76. The molecule has 24 heavy (non-hydrogen) atoms. The molecule has 0 aliphatic heterocycles. The number of aromatic nitrogens is 2. The molecule has 2 heterocycles. The average molecular weight is 340 g/mol. The van der Waals surface area contributed by atoms with Crippen LogP contribution in [-0.4, -0.2) is 18.4 Å². The Morgan fingerprint density at radius 1 is 0.917 bits per heavy atom. The lowest BCUT2D eigenvalue weighted by Crippen LogP contribution is -2.15. The maximum atomic E-state index is 11.3. The zero-order chi connectivity index (χ0) is 17.0. The Hall–Kier alpha value is -2.77. The molecule has 1 atom stereocenters. The molecule has 6 nitrogen and oxygen atoms in total. The molecule has 1 unspecified atom stereocenters. The highest BCUT2D eigenvalue weighted by Crippen LogP contribution is 2.25. The quantitative estimate of drug-likeness (QED) is 0.743. The number of nitrogens with two attached hydrogens (primary N) is 1. The van der Waals surface area contributed by atoms with Crippen molar-refractivity contribution in [1.82, 2.24) is 9.97 Å². The summed E-state index contributed by atoms with van der Waals surface area (Å²) in [5, 5.41) is 8.40. The minimum absolute atomic E-state index is 0.0225. The fourth-order valence-corrected chi connectivity index (χ4v) is 2.79. The van der Waals surface area contributed by atoms with Crippen LogP contribution in [0.1, 0.15) is 17.2 Å². The molecule has 0 amide bonds. The van der Waals surface area contributed by atoms with E-state index in [0.717, 1.165) is 11.1 Å². The summed E-state index contributed by atoms with van der Waals surface area (Å²) in [5.41, 5.74) is 2.02. The highest BCUT2D eigenvalue weighted by molar-refractivity contribution is 7.89. The molecule has 122 valence electrons. The number of nitrogens with one attached hydrogen (secondary N) is 1. The second kappa shape index (κ2) is 6.77. The summed E-state index contributed by atoms with van der Waals surface area (Å²) in [6.45, 7) is 0. The molecule has 0 aliphatic carbocycles. The van der Waals surface area contributed by atoms with Crippen LogP contribution in [0.4, 0.5) is 5.82 Å². The van der Waals surface area contributed by atoms with Crippen molar-refractivity contribution < 1.29 is 8.42 Å². The number of benzene rings is 1. The summed E-state index contributed by atoms with van der Waals surface area (Å²) in [6.07, 6.45) is 4.73. The van der Waals surface area contributed by atoms with E-state index >= 15 is 0 Å². The minimum atomic E-state index is -3.75. The van der Waals surface area contributed by atoms with Gasteiger partial charge in [-0.05, 0) is 29.3 Å². The van der Waals surface area contributed by atoms with Crippen LogP contribution >= 0.6 is 0 Å². The van der Waals surface area contributed by atoms with Gasteiger partial charge in [-0.3, -0.25) is 4.98 Å². The molecule has 0 saturated carbocycles. The molecule has 0 saturated heterocycles. The SMILES string of the molecule is NS(=O)(=O)c1ccc(NC(c2ccccc2)c2cccnc2)nc1. The molecule has 0 fully saturated rings. The number of rotatable bonds is 5. The maximum Gasteiger partial charge on any atom is 0.239 e. The van der Waals surface area contributed by atoms with Crippen LogP contribution in [0.2, 0.25) is 0 Å². The summed E-state index contributed by atoms with van der Waals surface area (Å²) >= 11 is 0. The lowest BCUT2D eigenvalue weighted by molar-refractivity contribution is 0.597. The number of hydrogen-bond donors (Lipinski definition) is 2. The van der Waals surface area contributed by atoms with Gasteiger partial charge in [-0.25, -0.2) is 18.5 Å². The lowest BCUT2D eigenvalue weighted by Gasteiger charge is -2.20. The molecular weight excluding hydrogens is 324 g/mol. The van der Waals surface area contributed by atoms with E-state index in [4.69, 9.17) is 5.14 Å². The van der Waals surface area contributed by atoms with Gasteiger partial charge in [-0.1, -0.05) is 36.4 Å². The first-order valence-corrected chi connectivity index (χ1v) is 8.79. The summed E-state index contributed by atoms with van der Waals surface area (Å²) in [5.74, 6) is 0.542. The van der Waals surface area contributed by atoms with E-state index in [9.17, 15) is 8.42 Å². The summed E-state index contributed by atoms with van der Waals surface area (Å²) in [7, 11) is -3.75. The monoisotopic (exact) mass is 340 g/mol. The van der Waals surface area contributed by atoms with Crippen molar-refractivity contribution in [1.29, 1.82) is 0 Å². The Balaban J connectivity index is 1.93. The van der Waals surface area contributed by atoms with Gasteiger partial charge < -0.3 is 5.32 Å². The molecule has 7 heteroatoms. The minimum Gasteiger partial charge on any atom is -0.359 e. The van der Waals surface area contributed by atoms with Crippen LogP contribution < -0.4 is 10.5 Å². The highest BCUT2D eigenvalue weighted by atomic mass is 32.2. The van der Waals surface area contributed by atoms with Crippen molar-refractivity contribution in [3.63, 3.8) is 0 Å². The van der Waals surface area contributed by atoms with Gasteiger partial charge in [0, 0.05) is 18.6 Å². The Morgan fingerprint density at radius 2 is 1.67 bits per heavy atom. The van der Waals surface area contributed by atoms with Crippen LogP contribution in [0.25, 0.3) is 0 Å². The Kier molecular flexibility index (Phi) is 4.54. The molecule has 0 radical (unpaired) electrons. The Labute approximate surface area is 140 Å². The first-order valence-electron chi connectivity index (χ1n) is 7.24. The van der Waals surface area contributed by atoms with E-state index < -0.39 is 10.0 Å². The molecule has 0 aliphatic rings. The molecule has 3 N–H and O–H groups in total. The number of pyridine rings is 2. The van der Waals surface area contributed by atoms with Gasteiger partial charge >= 0.3 is 0 Å². The predicted octanol–water partition coefficient (Wildman–Crippen LogP) is 2.33. The number of anilines is 1. The van der Waals surface area contributed by atoms with Gasteiger partial charge in [0.05, 0.1) is 6.04 Å². The molecule has 3 rings (SSSR count). The largest absolute Gasteiger partial charge is 0.359 e. The zero-order valence-electron chi connectivity index (χ0n) is 12.7. The third-order valence-electron chi connectivity index (χ3n) is 3.51. The van der Waals surface area contributed by atoms with Crippen molar-refractivity contribution in [2.24, 2.45) is 5.14 Å². The molecule has 2 aromatic heterocycles. The van der Waals surface area contributed by atoms with Crippen molar-refractivity contribution in [3.8, 4) is 0 Å². The van der Waals surface area contributed by atoms with Crippen LogP contribution in [-0.2, 0) is 10.0 Å². The fraction of sp³-hybridized carbons (Fsp3) is 0.0588. The summed E-state index contributed by atoms with van der Waals surface area (Å²) in [6, 6.07) is 16.6. The topological polar surface area (TPSA) is 98.0 Å². The molecule has 0 bridgehead atoms. The van der Waals surface area contributed by atoms with Crippen molar-refractivity contribution in [3.05, 3.63) is 84.3 Å². The predicted molar refractivity (Wildman–Crippen MR) is 91.8 cm³/mol. The van der Waals surface area contributed by atoms with E-state index in [1.165, 1.54) is 12.3 Å². The van der Waals surface area contributed by atoms with Crippen LogP contribution in [0.15, 0.2) is 78.1 Å². The van der Waals surface area contributed by atoms with Crippen molar-refractivity contribution >= 4 is 15.8 Å². The van der Waals surface area contributed by atoms with Crippen molar-refractivity contribution in [2.75, 3.05) is 5.32 Å². The van der Waals surface area contributed by atoms with E-state index in [0.29, 0.717) is 5.82 Å². The molecular formula is C17H16N4O2S. The third-order valence-corrected chi connectivity index (χ3v) is 4.41. The van der Waals surface area contributed by atoms with Gasteiger partial charge in [-0.2, -0.15) is 0 Å². The smallest absolute Gasteiger partial charge is 0.239 e. The number of sulfonamides is 1. The average Bonchev–Trinajstić information content (AvgIpc) is 2.61. The lowest BCUT2D eigenvalue weighted by atomic mass is 10.0. The number of primary sulfonamides is 1. The number of hydrogen-bond acceptors (Lipinski definition) is 5. The maximum absolute atomic E-state index is 11.3. The molecule has 1 aromatic carbocycles. The van der Waals surface area contributed by atoms with Gasteiger partial charge in [0.15, 0.2) is 0 Å². The first-order chi connectivity index (χ1) is 11.5. The van der Waals surface area contributed by atoms with Gasteiger partial charge in [-0.15, -0.1) is 0 Å². The second-order valence-electron chi connectivity index (χ2n) is 5.20. The van der Waals surface area contributed by atoms with E-state index in [-0.39, 0.29) is 10.9 Å². The van der Waals surface area contributed by atoms with Crippen LogP contribution in [0, 0.1) is 0 Å². The summed E-state index contributed by atoms with van der Waals surface area (Å²) < 4.78 is 22.6. The highest BCUT2D eigenvalue weighted by Gasteiger charge is 2.15. The van der Waals surface area contributed by atoms with Gasteiger partial charge in [0.25, 0.3) is 0 Å². The number of nitrogens with zero attached hydrogens (tertiary/aromatic N) is 2. The van der Waals surface area contributed by atoms with Crippen LogP contribution in [0.5, 0.6) is 0 Å². The molecule has 3 aromatic rings. The normalized spacial score (nSPS) is 12.5. The van der Waals surface area contributed by atoms with Gasteiger partial charge in [0.2, 0.25) is 10.0 Å². The van der Waals surface area contributed by atoms with E-state index in [1.807, 2.05) is 42.5 Å². The standard InChI is InChI=1S/C17H16N4O2S/c18-24(22,23)15-8-9-16(20-12-15)21-17(13-5-2-1-3-6-13)14-7-4-10-19-11-14/h1-12,17H,(H,20,21)(H2,18,22,23).